The maximum absolute atomic E-state index is 11.1. The van der Waals surface area contributed by atoms with Crippen molar-refractivity contribution < 1.29 is 14.7 Å². The lowest BCUT2D eigenvalue weighted by atomic mass is 10.2. The molecule has 0 aliphatic rings. The van der Waals surface area contributed by atoms with Gasteiger partial charge in [-0.1, -0.05) is 6.92 Å². The number of hydrogen-bond acceptors (Lipinski definition) is 3. The van der Waals surface area contributed by atoms with E-state index < -0.39 is 11.9 Å². The summed E-state index contributed by atoms with van der Waals surface area (Å²) in [6.45, 7) is 4.69. The molecule has 0 saturated carbocycles. The molecule has 1 unspecified atom stereocenters. The third kappa shape index (κ3) is 5.53. The van der Waals surface area contributed by atoms with Crippen LogP contribution in [0.3, 0.4) is 0 Å². The summed E-state index contributed by atoms with van der Waals surface area (Å²) in [6, 6.07) is 0. The van der Waals surface area contributed by atoms with Crippen molar-refractivity contribution in [3.8, 4) is 0 Å². The van der Waals surface area contributed by atoms with Crippen molar-refractivity contribution in [3.05, 3.63) is 0 Å². The number of nitrogens with one attached hydrogen (secondary N) is 1. The Kier molecular flexibility index (Phi) is 5.87. The van der Waals surface area contributed by atoms with Gasteiger partial charge in [0.1, 0.15) is 0 Å². The lowest BCUT2D eigenvalue weighted by Gasteiger charge is -2.18. The summed E-state index contributed by atoms with van der Waals surface area (Å²) in [5, 5.41) is 11.3. The van der Waals surface area contributed by atoms with Crippen LogP contribution in [0.5, 0.6) is 0 Å². The quantitative estimate of drug-likeness (QED) is 0.624. The SMILES string of the molecule is CCNC(=O)CN(C)CC(C)C(=O)O. The van der Waals surface area contributed by atoms with Crippen molar-refractivity contribution in [3.63, 3.8) is 0 Å². The Bertz CT molecular complexity index is 206. The van der Waals surface area contributed by atoms with E-state index in [0.717, 1.165) is 0 Å². The topological polar surface area (TPSA) is 69.6 Å². The highest BCUT2D eigenvalue weighted by atomic mass is 16.4. The Labute approximate surface area is 84.1 Å². The van der Waals surface area contributed by atoms with Gasteiger partial charge in [-0.05, 0) is 14.0 Å². The molecule has 0 aliphatic carbocycles. The van der Waals surface area contributed by atoms with Gasteiger partial charge >= 0.3 is 5.97 Å². The van der Waals surface area contributed by atoms with E-state index in [-0.39, 0.29) is 12.5 Å². The van der Waals surface area contributed by atoms with Gasteiger partial charge in [0.15, 0.2) is 0 Å². The predicted octanol–water partition coefficient (Wildman–Crippen LogP) is -0.225. The molecule has 1 atom stereocenters. The van der Waals surface area contributed by atoms with E-state index in [1.807, 2.05) is 6.92 Å². The molecule has 0 fully saturated rings. The number of carboxylic acids is 1. The summed E-state index contributed by atoms with van der Waals surface area (Å²) < 4.78 is 0. The highest BCUT2D eigenvalue weighted by molar-refractivity contribution is 5.78. The fourth-order valence-electron chi connectivity index (χ4n) is 1.11. The third-order valence-electron chi connectivity index (χ3n) is 1.79. The Morgan fingerprint density at radius 2 is 2.07 bits per heavy atom. The molecular weight excluding hydrogens is 184 g/mol. The van der Waals surface area contributed by atoms with Crippen molar-refractivity contribution >= 4 is 11.9 Å². The van der Waals surface area contributed by atoms with Crippen LogP contribution in [0.15, 0.2) is 0 Å². The molecule has 0 rings (SSSR count). The number of aliphatic carboxylic acids is 1. The van der Waals surface area contributed by atoms with Gasteiger partial charge in [-0.25, -0.2) is 0 Å². The highest BCUT2D eigenvalue weighted by Gasteiger charge is 2.14. The van der Waals surface area contributed by atoms with Crippen LogP contribution in [0.4, 0.5) is 0 Å². The lowest BCUT2D eigenvalue weighted by Crippen LogP contribution is -2.38. The van der Waals surface area contributed by atoms with E-state index in [4.69, 9.17) is 5.11 Å². The summed E-state index contributed by atoms with van der Waals surface area (Å²) >= 11 is 0. The van der Waals surface area contributed by atoms with Crippen molar-refractivity contribution in [2.45, 2.75) is 13.8 Å². The fraction of sp³-hybridized carbons (Fsp3) is 0.778. The normalized spacial score (nSPS) is 12.6. The number of rotatable bonds is 6. The predicted molar refractivity (Wildman–Crippen MR) is 53.0 cm³/mol. The number of nitrogens with zero attached hydrogens (tertiary/aromatic N) is 1. The van der Waals surface area contributed by atoms with Gasteiger partial charge in [0.05, 0.1) is 12.5 Å². The van der Waals surface area contributed by atoms with Gasteiger partial charge in [0.25, 0.3) is 0 Å². The molecule has 14 heavy (non-hydrogen) atoms. The van der Waals surface area contributed by atoms with Gasteiger partial charge in [0, 0.05) is 13.1 Å². The molecule has 0 spiro atoms. The van der Waals surface area contributed by atoms with Crippen LogP contribution < -0.4 is 5.32 Å². The van der Waals surface area contributed by atoms with E-state index in [1.54, 1.807) is 18.9 Å². The molecule has 0 saturated heterocycles. The van der Waals surface area contributed by atoms with Gasteiger partial charge in [-0.3, -0.25) is 14.5 Å². The van der Waals surface area contributed by atoms with Gasteiger partial charge < -0.3 is 10.4 Å². The molecule has 0 aromatic carbocycles. The molecule has 0 bridgehead atoms. The molecule has 1 amide bonds. The van der Waals surface area contributed by atoms with Crippen molar-refractivity contribution in [2.75, 3.05) is 26.7 Å². The van der Waals surface area contributed by atoms with Crippen LogP contribution in [-0.2, 0) is 9.59 Å². The minimum atomic E-state index is -0.840. The minimum Gasteiger partial charge on any atom is -0.481 e. The summed E-state index contributed by atoms with van der Waals surface area (Å²) in [4.78, 5) is 23.3. The molecule has 0 heterocycles. The first kappa shape index (κ1) is 12.9. The molecule has 0 radical (unpaired) electrons. The Hall–Kier alpha value is -1.10. The molecule has 0 aromatic heterocycles. The number of carboxylic acid groups (broad SMARTS) is 1. The molecule has 2 N–H and O–H groups in total. The van der Waals surface area contributed by atoms with Crippen molar-refractivity contribution in [2.24, 2.45) is 5.92 Å². The number of amides is 1. The Morgan fingerprint density at radius 3 is 2.50 bits per heavy atom. The summed E-state index contributed by atoms with van der Waals surface area (Å²) in [5.41, 5.74) is 0. The van der Waals surface area contributed by atoms with Crippen LogP contribution in [0.1, 0.15) is 13.8 Å². The van der Waals surface area contributed by atoms with Crippen molar-refractivity contribution in [1.82, 2.24) is 10.2 Å². The first-order valence-corrected chi connectivity index (χ1v) is 4.65. The Balaban J connectivity index is 3.80. The molecule has 5 nitrogen and oxygen atoms in total. The lowest BCUT2D eigenvalue weighted by molar-refractivity contribution is -0.142. The second-order valence-corrected chi connectivity index (χ2v) is 3.39. The summed E-state index contributed by atoms with van der Waals surface area (Å²) in [5.74, 6) is -1.37. The maximum atomic E-state index is 11.1. The maximum Gasteiger partial charge on any atom is 0.307 e. The summed E-state index contributed by atoms with van der Waals surface area (Å²) in [7, 11) is 1.73. The average Bonchev–Trinajstić information content (AvgIpc) is 2.03. The van der Waals surface area contributed by atoms with Crippen LogP contribution >= 0.6 is 0 Å². The van der Waals surface area contributed by atoms with E-state index in [1.165, 1.54) is 0 Å². The van der Waals surface area contributed by atoms with Crippen LogP contribution in [0.2, 0.25) is 0 Å². The molecule has 0 aromatic rings. The van der Waals surface area contributed by atoms with Crippen molar-refractivity contribution in [1.29, 1.82) is 0 Å². The molecule has 82 valence electrons. The van der Waals surface area contributed by atoms with Gasteiger partial charge in [-0.2, -0.15) is 0 Å². The average molecular weight is 202 g/mol. The number of carbonyl (C=O) groups is 2. The summed E-state index contributed by atoms with van der Waals surface area (Å²) in [6.07, 6.45) is 0. The van der Waals surface area contributed by atoms with E-state index in [2.05, 4.69) is 5.32 Å². The van der Waals surface area contributed by atoms with E-state index in [9.17, 15) is 9.59 Å². The highest BCUT2D eigenvalue weighted by Crippen LogP contribution is 1.97. The third-order valence-corrected chi connectivity index (χ3v) is 1.79. The van der Waals surface area contributed by atoms with E-state index >= 15 is 0 Å². The smallest absolute Gasteiger partial charge is 0.307 e. The van der Waals surface area contributed by atoms with Gasteiger partial charge in [-0.15, -0.1) is 0 Å². The molecule has 0 aliphatic heterocycles. The zero-order valence-corrected chi connectivity index (χ0v) is 8.91. The zero-order valence-electron chi connectivity index (χ0n) is 8.91. The fourth-order valence-corrected chi connectivity index (χ4v) is 1.11. The molecule has 5 heteroatoms. The zero-order chi connectivity index (χ0) is 11.1. The second-order valence-electron chi connectivity index (χ2n) is 3.39. The van der Waals surface area contributed by atoms with Gasteiger partial charge in [0.2, 0.25) is 5.91 Å². The standard InChI is InChI=1S/C9H18N2O3/c1-4-10-8(12)6-11(3)5-7(2)9(13)14/h7H,4-6H2,1-3H3,(H,10,12)(H,13,14). The van der Waals surface area contributed by atoms with Crippen LogP contribution in [0.25, 0.3) is 0 Å². The largest absolute Gasteiger partial charge is 0.481 e. The number of likely N-dealkylation sites (N-methyl/N-ethyl adjacent to an activating group) is 2. The second kappa shape index (κ2) is 6.37. The number of carbonyl (C=O) groups excluding carboxylic acids is 1. The Morgan fingerprint density at radius 1 is 1.50 bits per heavy atom. The monoisotopic (exact) mass is 202 g/mol. The van der Waals surface area contributed by atoms with Crippen LogP contribution in [-0.4, -0.2) is 48.6 Å². The first-order valence-electron chi connectivity index (χ1n) is 4.65. The van der Waals surface area contributed by atoms with E-state index in [0.29, 0.717) is 13.1 Å². The molecular formula is C9H18N2O3. The van der Waals surface area contributed by atoms with Crippen LogP contribution in [0, 0.1) is 5.92 Å². The minimum absolute atomic E-state index is 0.0763. The number of hydrogen-bond donors (Lipinski definition) is 2. The first-order chi connectivity index (χ1) is 6.47.